The van der Waals surface area contributed by atoms with Gasteiger partial charge in [0.25, 0.3) is 0 Å². The highest BCUT2D eigenvalue weighted by atomic mass is 16.5. The normalized spacial score (nSPS) is 12.3. The van der Waals surface area contributed by atoms with Crippen LogP contribution in [-0.4, -0.2) is 16.4 Å². The first-order valence-electron chi connectivity index (χ1n) is 6.36. The van der Waals surface area contributed by atoms with Gasteiger partial charge >= 0.3 is 0 Å². The Morgan fingerprint density at radius 2 is 1.89 bits per heavy atom. The Labute approximate surface area is 110 Å². The van der Waals surface area contributed by atoms with Gasteiger partial charge in [0.2, 0.25) is 5.88 Å². The highest BCUT2D eigenvalue weighted by molar-refractivity contribution is 5.91. The van der Waals surface area contributed by atoms with Crippen LogP contribution >= 0.6 is 0 Å². The standard InChI is InChI=1S/C15H23NO2/c1-7-14(3,4)13(17)15(5,6)18-12-10-8-9-11(2)16-12/h8-10H,7H2,1-6H3. The van der Waals surface area contributed by atoms with Gasteiger partial charge in [-0.3, -0.25) is 4.79 Å². The predicted octanol–water partition coefficient (Wildman–Crippen LogP) is 3.55. The van der Waals surface area contributed by atoms with Gasteiger partial charge in [-0.05, 0) is 33.3 Å². The number of pyridine rings is 1. The third-order valence-electron chi connectivity index (χ3n) is 3.27. The molecule has 0 N–H and O–H groups in total. The van der Waals surface area contributed by atoms with E-state index in [-0.39, 0.29) is 11.2 Å². The van der Waals surface area contributed by atoms with E-state index in [0.717, 1.165) is 12.1 Å². The maximum Gasteiger partial charge on any atom is 0.214 e. The van der Waals surface area contributed by atoms with E-state index in [2.05, 4.69) is 4.98 Å². The molecule has 18 heavy (non-hydrogen) atoms. The number of ether oxygens (including phenoxy) is 1. The van der Waals surface area contributed by atoms with Crippen LogP contribution < -0.4 is 4.74 Å². The van der Waals surface area contributed by atoms with E-state index in [0.29, 0.717) is 5.88 Å². The SMILES string of the molecule is CCC(C)(C)C(=O)C(C)(C)Oc1cccc(C)n1. The fraction of sp³-hybridized carbons (Fsp3) is 0.600. The number of aromatic nitrogens is 1. The number of hydrogen-bond acceptors (Lipinski definition) is 3. The van der Waals surface area contributed by atoms with Gasteiger partial charge in [0.15, 0.2) is 11.4 Å². The van der Waals surface area contributed by atoms with Crippen LogP contribution in [0.3, 0.4) is 0 Å². The number of aryl methyl sites for hydroxylation is 1. The average Bonchev–Trinajstić information content (AvgIpc) is 2.27. The lowest BCUT2D eigenvalue weighted by atomic mass is 9.78. The number of Topliss-reactive ketones (excluding diaryl/α,β-unsaturated/α-hetero) is 1. The highest BCUT2D eigenvalue weighted by Crippen LogP contribution is 2.29. The molecule has 0 aliphatic rings. The summed E-state index contributed by atoms with van der Waals surface area (Å²) in [5.74, 6) is 0.598. The summed E-state index contributed by atoms with van der Waals surface area (Å²) in [5.41, 5.74) is -0.362. The fourth-order valence-corrected chi connectivity index (χ4v) is 1.86. The summed E-state index contributed by atoms with van der Waals surface area (Å²) in [6.45, 7) is 11.4. The van der Waals surface area contributed by atoms with Crippen LogP contribution in [-0.2, 0) is 4.79 Å². The van der Waals surface area contributed by atoms with E-state index in [4.69, 9.17) is 4.74 Å². The van der Waals surface area contributed by atoms with Crippen molar-refractivity contribution in [3.05, 3.63) is 23.9 Å². The Kier molecular flexibility index (Phi) is 4.15. The summed E-state index contributed by atoms with van der Waals surface area (Å²) in [4.78, 5) is 16.7. The smallest absolute Gasteiger partial charge is 0.214 e. The molecule has 0 atom stereocenters. The van der Waals surface area contributed by atoms with Crippen molar-refractivity contribution in [3.8, 4) is 5.88 Å². The van der Waals surface area contributed by atoms with E-state index < -0.39 is 5.60 Å². The van der Waals surface area contributed by atoms with E-state index >= 15 is 0 Å². The maximum absolute atomic E-state index is 12.5. The second kappa shape index (κ2) is 5.09. The van der Waals surface area contributed by atoms with Gasteiger partial charge in [-0.1, -0.05) is 26.8 Å². The van der Waals surface area contributed by atoms with E-state index in [1.165, 1.54) is 0 Å². The monoisotopic (exact) mass is 249 g/mol. The molecular formula is C15H23NO2. The Morgan fingerprint density at radius 3 is 2.39 bits per heavy atom. The van der Waals surface area contributed by atoms with Crippen molar-refractivity contribution in [2.75, 3.05) is 0 Å². The molecule has 3 heteroatoms. The zero-order chi connectivity index (χ0) is 14.0. The number of hydrogen-bond donors (Lipinski definition) is 0. The van der Waals surface area contributed by atoms with Crippen molar-refractivity contribution < 1.29 is 9.53 Å². The lowest BCUT2D eigenvalue weighted by Crippen LogP contribution is -2.46. The Balaban J connectivity index is 2.91. The predicted molar refractivity (Wildman–Crippen MR) is 72.8 cm³/mol. The number of carbonyl (C=O) groups excluding carboxylic acids is 1. The van der Waals surface area contributed by atoms with E-state index in [1.807, 2.05) is 39.8 Å². The summed E-state index contributed by atoms with van der Waals surface area (Å²) in [5, 5.41) is 0. The van der Waals surface area contributed by atoms with E-state index in [9.17, 15) is 4.79 Å². The fourth-order valence-electron chi connectivity index (χ4n) is 1.86. The molecule has 0 radical (unpaired) electrons. The van der Waals surface area contributed by atoms with Gasteiger partial charge < -0.3 is 4.74 Å². The van der Waals surface area contributed by atoms with Crippen LogP contribution in [0.1, 0.15) is 46.7 Å². The first-order chi connectivity index (χ1) is 8.19. The van der Waals surface area contributed by atoms with Crippen LogP contribution in [0.5, 0.6) is 5.88 Å². The molecule has 100 valence electrons. The Bertz CT molecular complexity index is 436. The van der Waals surface area contributed by atoms with Crippen molar-refractivity contribution in [1.29, 1.82) is 0 Å². The molecule has 0 spiro atoms. The summed E-state index contributed by atoms with van der Waals surface area (Å²) >= 11 is 0. The molecule has 3 nitrogen and oxygen atoms in total. The quantitative estimate of drug-likeness (QED) is 0.801. The third kappa shape index (κ3) is 3.31. The molecule has 0 bridgehead atoms. The Hall–Kier alpha value is -1.38. The zero-order valence-electron chi connectivity index (χ0n) is 12.2. The number of nitrogens with zero attached hydrogens (tertiary/aromatic N) is 1. The molecule has 0 saturated heterocycles. The lowest BCUT2D eigenvalue weighted by Gasteiger charge is -2.32. The lowest BCUT2D eigenvalue weighted by molar-refractivity contribution is -0.141. The summed E-state index contributed by atoms with van der Waals surface area (Å²) in [7, 11) is 0. The van der Waals surface area contributed by atoms with Gasteiger partial charge in [-0.15, -0.1) is 0 Å². The molecule has 0 fully saturated rings. The molecule has 0 aliphatic heterocycles. The summed E-state index contributed by atoms with van der Waals surface area (Å²) in [6, 6.07) is 5.56. The topological polar surface area (TPSA) is 39.2 Å². The minimum Gasteiger partial charge on any atom is -0.464 e. The van der Waals surface area contributed by atoms with E-state index in [1.54, 1.807) is 19.9 Å². The first kappa shape index (κ1) is 14.7. The third-order valence-corrected chi connectivity index (χ3v) is 3.27. The molecule has 0 aliphatic carbocycles. The molecule has 0 amide bonds. The largest absolute Gasteiger partial charge is 0.464 e. The summed E-state index contributed by atoms with van der Waals surface area (Å²) in [6.07, 6.45) is 0.792. The van der Waals surface area contributed by atoms with Crippen LogP contribution in [0.4, 0.5) is 0 Å². The van der Waals surface area contributed by atoms with Crippen molar-refractivity contribution >= 4 is 5.78 Å². The van der Waals surface area contributed by atoms with Crippen molar-refractivity contribution in [1.82, 2.24) is 4.98 Å². The molecule has 0 saturated carbocycles. The highest BCUT2D eigenvalue weighted by Gasteiger charge is 2.40. The number of ketones is 1. The minimum absolute atomic E-state index is 0.0980. The summed E-state index contributed by atoms with van der Waals surface area (Å²) < 4.78 is 5.77. The van der Waals surface area contributed by atoms with Crippen LogP contribution in [0.2, 0.25) is 0 Å². The Morgan fingerprint density at radius 1 is 1.28 bits per heavy atom. The average molecular weight is 249 g/mol. The molecule has 0 unspecified atom stereocenters. The molecule has 1 rings (SSSR count). The number of carbonyl (C=O) groups is 1. The van der Waals surface area contributed by atoms with Crippen molar-refractivity contribution in [2.45, 2.75) is 53.6 Å². The number of rotatable bonds is 5. The van der Waals surface area contributed by atoms with Crippen LogP contribution in [0.25, 0.3) is 0 Å². The molecule has 1 heterocycles. The first-order valence-corrected chi connectivity index (χ1v) is 6.36. The molecule has 1 aromatic rings. The molecule has 1 aromatic heterocycles. The molecule has 0 aromatic carbocycles. The van der Waals surface area contributed by atoms with Gasteiger partial charge in [-0.25, -0.2) is 4.98 Å². The van der Waals surface area contributed by atoms with Crippen molar-refractivity contribution in [2.24, 2.45) is 5.41 Å². The molecular weight excluding hydrogens is 226 g/mol. The van der Waals surface area contributed by atoms with Crippen LogP contribution in [0, 0.1) is 12.3 Å². The second-order valence-electron chi connectivity index (χ2n) is 5.80. The van der Waals surface area contributed by atoms with Gasteiger partial charge in [0.05, 0.1) is 0 Å². The zero-order valence-corrected chi connectivity index (χ0v) is 12.2. The van der Waals surface area contributed by atoms with Crippen LogP contribution in [0.15, 0.2) is 18.2 Å². The maximum atomic E-state index is 12.5. The van der Waals surface area contributed by atoms with Gasteiger partial charge in [0.1, 0.15) is 0 Å². The van der Waals surface area contributed by atoms with Gasteiger partial charge in [-0.2, -0.15) is 0 Å². The minimum atomic E-state index is -0.861. The van der Waals surface area contributed by atoms with Gasteiger partial charge in [0, 0.05) is 17.2 Å². The second-order valence-corrected chi connectivity index (χ2v) is 5.80. The van der Waals surface area contributed by atoms with Crippen molar-refractivity contribution in [3.63, 3.8) is 0 Å².